The minimum Gasteiger partial charge on any atom is -0.491 e. The number of pyridine rings is 1. The molecule has 9 heteroatoms. The maximum atomic E-state index is 13.5. The molecule has 2 N–H and O–H groups in total. The van der Waals surface area contributed by atoms with Crippen LogP contribution in [0.2, 0.25) is 5.02 Å². The molecule has 1 unspecified atom stereocenters. The number of aromatic nitrogens is 1. The highest BCUT2D eigenvalue weighted by atomic mass is 35.5. The van der Waals surface area contributed by atoms with E-state index in [1.807, 2.05) is 4.90 Å². The van der Waals surface area contributed by atoms with Crippen molar-refractivity contribution < 1.29 is 23.8 Å². The molecule has 1 saturated carbocycles. The van der Waals surface area contributed by atoms with Gasteiger partial charge in [-0.3, -0.25) is 4.79 Å². The average Bonchev–Trinajstić information content (AvgIpc) is 3.50. The number of carbonyl (C=O) groups is 2. The number of amides is 1. The molecule has 186 valence electrons. The Morgan fingerprint density at radius 3 is 2.67 bits per heavy atom. The minimum atomic E-state index is -0.994. The molecule has 36 heavy (non-hydrogen) atoms. The van der Waals surface area contributed by atoms with Gasteiger partial charge in [0, 0.05) is 18.8 Å². The third-order valence-corrected chi connectivity index (χ3v) is 6.96. The highest BCUT2D eigenvalue weighted by molar-refractivity contribution is 6.31. The van der Waals surface area contributed by atoms with Crippen LogP contribution < -0.4 is 15.0 Å². The third kappa shape index (κ3) is 4.99. The third-order valence-electron chi connectivity index (χ3n) is 6.75. The Bertz CT molecular complexity index is 1300. The van der Waals surface area contributed by atoms with Gasteiger partial charge in [0.1, 0.15) is 24.0 Å². The van der Waals surface area contributed by atoms with Crippen molar-refractivity contribution in [1.29, 1.82) is 0 Å². The number of hydrogen-bond acceptors (Lipinski definition) is 5. The van der Waals surface area contributed by atoms with Crippen LogP contribution in [0.4, 0.5) is 10.2 Å². The SMILES string of the molecule is O=C(O)c1ccc(C2(NC(=O)c3cc(Cl)cnc3N3CCCC3COc3cccc(F)c3)CC2)cc1. The van der Waals surface area contributed by atoms with Gasteiger partial charge in [0.25, 0.3) is 5.91 Å². The molecule has 1 amide bonds. The topological polar surface area (TPSA) is 91.8 Å². The lowest BCUT2D eigenvalue weighted by atomic mass is 10.0. The first-order chi connectivity index (χ1) is 17.3. The van der Waals surface area contributed by atoms with Crippen LogP contribution in [0.1, 0.15) is 52.0 Å². The second kappa shape index (κ2) is 9.78. The molecule has 1 aliphatic heterocycles. The zero-order valence-electron chi connectivity index (χ0n) is 19.4. The van der Waals surface area contributed by atoms with Gasteiger partial charge in [0.15, 0.2) is 0 Å². The van der Waals surface area contributed by atoms with E-state index in [1.54, 1.807) is 42.5 Å². The van der Waals surface area contributed by atoms with Crippen molar-refractivity contribution in [2.45, 2.75) is 37.3 Å². The van der Waals surface area contributed by atoms with E-state index in [0.29, 0.717) is 35.3 Å². The maximum absolute atomic E-state index is 13.5. The van der Waals surface area contributed by atoms with Crippen LogP contribution in [-0.2, 0) is 5.54 Å². The largest absolute Gasteiger partial charge is 0.491 e. The fourth-order valence-electron chi connectivity index (χ4n) is 4.69. The van der Waals surface area contributed by atoms with Crippen molar-refractivity contribution in [3.8, 4) is 5.75 Å². The fraction of sp³-hybridized carbons (Fsp3) is 0.296. The number of benzene rings is 2. The van der Waals surface area contributed by atoms with Gasteiger partial charge >= 0.3 is 5.97 Å². The molecule has 3 aromatic rings. The smallest absolute Gasteiger partial charge is 0.335 e. The van der Waals surface area contributed by atoms with E-state index in [2.05, 4.69) is 10.3 Å². The number of nitrogens with one attached hydrogen (secondary N) is 1. The molecule has 5 rings (SSSR count). The molecule has 2 fully saturated rings. The van der Waals surface area contributed by atoms with E-state index in [1.165, 1.54) is 18.3 Å². The van der Waals surface area contributed by atoms with Crippen LogP contribution in [0, 0.1) is 5.82 Å². The number of hydrogen-bond donors (Lipinski definition) is 2. The predicted molar refractivity (Wildman–Crippen MR) is 133 cm³/mol. The van der Waals surface area contributed by atoms with Gasteiger partial charge in [-0.15, -0.1) is 0 Å². The van der Waals surface area contributed by atoms with Gasteiger partial charge < -0.3 is 20.1 Å². The van der Waals surface area contributed by atoms with Gasteiger partial charge in [-0.1, -0.05) is 29.8 Å². The Kier molecular flexibility index (Phi) is 6.53. The second-order valence-electron chi connectivity index (χ2n) is 9.20. The lowest BCUT2D eigenvalue weighted by molar-refractivity contribution is 0.0696. The van der Waals surface area contributed by atoms with E-state index in [4.69, 9.17) is 21.4 Å². The number of nitrogens with zero attached hydrogens (tertiary/aromatic N) is 2. The fourth-order valence-corrected chi connectivity index (χ4v) is 4.85. The number of carboxylic acids is 1. The van der Waals surface area contributed by atoms with Crippen molar-refractivity contribution in [3.05, 3.63) is 88.3 Å². The molecule has 1 atom stereocenters. The summed E-state index contributed by atoms with van der Waals surface area (Å²) in [5.41, 5.74) is 0.884. The summed E-state index contributed by atoms with van der Waals surface area (Å²) in [5.74, 6) is -0.670. The summed E-state index contributed by atoms with van der Waals surface area (Å²) in [4.78, 5) is 31.2. The van der Waals surface area contributed by atoms with E-state index in [0.717, 1.165) is 31.2 Å². The summed E-state index contributed by atoms with van der Waals surface area (Å²) in [5, 5.41) is 12.7. The van der Waals surface area contributed by atoms with Gasteiger partial charge in [-0.2, -0.15) is 0 Å². The van der Waals surface area contributed by atoms with Crippen molar-refractivity contribution in [3.63, 3.8) is 0 Å². The molecular formula is C27H25ClFN3O4. The Labute approximate surface area is 212 Å². The number of carbonyl (C=O) groups excluding carboxylic acids is 1. The summed E-state index contributed by atoms with van der Waals surface area (Å²) >= 11 is 6.23. The second-order valence-corrected chi connectivity index (χ2v) is 9.64. The molecule has 2 aromatic carbocycles. The predicted octanol–water partition coefficient (Wildman–Crippen LogP) is 5.04. The highest BCUT2D eigenvalue weighted by Crippen LogP contribution is 2.46. The molecule has 2 aliphatic rings. The maximum Gasteiger partial charge on any atom is 0.335 e. The van der Waals surface area contributed by atoms with Crippen LogP contribution >= 0.6 is 11.6 Å². The zero-order chi connectivity index (χ0) is 25.3. The summed E-state index contributed by atoms with van der Waals surface area (Å²) < 4.78 is 19.4. The molecule has 0 spiro atoms. The van der Waals surface area contributed by atoms with Crippen molar-refractivity contribution in [2.75, 3.05) is 18.1 Å². The van der Waals surface area contributed by atoms with E-state index >= 15 is 0 Å². The highest BCUT2D eigenvalue weighted by Gasteiger charge is 2.46. The van der Waals surface area contributed by atoms with E-state index in [9.17, 15) is 14.0 Å². The lowest BCUT2D eigenvalue weighted by Crippen LogP contribution is -2.39. The van der Waals surface area contributed by atoms with E-state index < -0.39 is 11.5 Å². The Balaban J connectivity index is 1.35. The molecular weight excluding hydrogens is 485 g/mol. The summed E-state index contributed by atoms with van der Waals surface area (Å²) in [6.45, 7) is 1.03. The number of carboxylic acid groups (broad SMARTS) is 1. The summed E-state index contributed by atoms with van der Waals surface area (Å²) in [6.07, 6.45) is 4.78. The quantitative estimate of drug-likeness (QED) is 0.442. The number of halogens is 2. The molecule has 1 aromatic heterocycles. The zero-order valence-corrected chi connectivity index (χ0v) is 20.2. The van der Waals surface area contributed by atoms with Gasteiger partial charge in [-0.25, -0.2) is 14.2 Å². The normalized spacial score (nSPS) is 18.1. The lowest BCUT2D eigenvalue weighted by Gasteiger charge is -2.28. The van der Waals surface area contributed by atoms with Crippen LogP contribution in [0.5, 0.6) is 5.75 Å². The number of ether oxygens (including phenoxy) is 1. The molecule has 1 aliphatic carbocycles. The molecule has 2 heterocycles. The first-order valence-electron chi connectivity index (χ1n) is 11.8. The average molecular weight is 510 g/mol. The van der Waals surface area contributed by atoms with Gasteiger partial charge in [0.2, 0.25) is 0 Å². The van der Waals surface area contributed by atoms with Crippen LogP contribution in [0.15, 0.2) is 60.8 Å². The monoisotopic (exact) mass is 509 g/mol. The molecule has 7 nitrogen and oxygen atoms in total. The van der Waals surface area contributed by atoms with E-state index in [-0.39, 0.29) is 23.3 Å². The number of anilines is 1. The Morgan fingerprint density at radius 1 is 1.19 bits per heavy atom. The summed E-state index contributed by atoms with van der Waals surface area (Å²) in [7, 11) is 0. The molecule has 1 saturated heterocycles. The Morgan fingerprint density at radius 2 is 1.97 bits per heavy atom. The summed E-state index contributed by atoms with van der Waals surface area (Å²) in [6, 6.07) is 14.2. The van der Waals surface area contributed by atoms with Gasteiger partial charge in [-0.05, 0) is 61.6 Å². The van der Waals surface area contributed by atoms with Crippen LogP contribution in [-0.4, -0.2) is 41.2 Å². The van der Waals surface area contributed by atoms with Crippen molar-refractivity contribution in [2.24, 2.45) is 0 Å². The minimum absolute atomic E-state index is 0.0352. The van der Waals surface area contributed by atoms with Gasteiger partial charge in [0.05, 0.1) is 27.7 Å². The van der Waals surface area contributed by atoms with Crippen LogP contribution in [0.25, 0.3) is 0 Å². The van der Waals surface area contributed by atoms with Crippen molar-refractivity contribution >= 4 is 29.3 Å². The number of rotatable bonds is 8. The first-order valence-corrected chi connectivity index (χ1v) is 12.2. The molecule has 0 bridgehead atoms. The first kappa shape index (κ1) is 24.1. The standard InChI is InChI=1S/C27H25ClFN3O4/c28-19-13-23(25(33)31-27(10-11-27)18-8-6-17(7-9-18)26(34)35)24(30-15-19)32-12-2-4-21(32)16-36-22-5-1-3-20(29)14-22/h1,3,5-9,13-15,21H,2,4,10-12,16H2,(H,31,33)(H,34,35). The molecule has 0 radical (unpaired) electrons. The van der Waals surface area contributed by atoms with Crippen LogP contribution in [0.3, 0.4) is 0 Å². The Hall–Kier alpha value is -3.65. The van der Waals surface area contributed by atoms with Crippen molar-refractivity contribution in [1.82, 2.24) is 10.3 Å². The number of aromatic carboxylic acids is 1.